The van der Waals surface area contributed by atoms with Gasteiger partial charge in [-0.05, 0) is 12.1 Å². The molecule has 0 aliphatic heterocycles. The van der Waals surface area contributed by atoms with E-state index in [0.717, 1.165) is 28.9 Å². The quantitative estimate of drug-likeness (QED) is 0.274. The van der Waals surface area contributed by atoms with Gasteiger partial charge in [0.15, 0.2) is 0 Å². The minimum atomic E-state index is 0.608. The van der Waals surface area contributed by atoms with Crippen LogP contribution in [0, 0.1) is 5.21 Å². The Morgan fingerprint density at radius 2 is 1.28 bits per heavy atom. The van der Waals surface area contributed by atoms with Crippen LogP contribution < -0.4 is 4.73 Å². The average Bonchev–Trinajstić information content (AvgIpc) is 2.40. The third-order valence-corrected chi connectivity index (χ3v) is 2.44. The van der Waals surface area contributed by atoms with Gasteiger partial charge in [0, 0.05) is 12.1 Å². The molecule has 0 aliphatic rings. The van der Waals surface area contributed by atoms with E-state index < -0.39 is 0 Å². The van der Waals surface area contributed by atoms with Crippen LogP contribution in [0.1, 0.15) is 0 Å². The van der Waals surface area contributed by atoms with E-state index in [2.05, 4.69) is 25.2 Å². The van der Waals surface area contributed by atoms with Crippen LogP contribution in [0.4, 0.5) is 0 Å². The van der Waals surface area contributed by atoms with Gasteiger partial charge < -0.3 is 5.21 Å². The summed E-state index contributed by atoms with van der Waals surface area (Å²) < 4.78 is 0.928. The van der Waals surface area contributed by atoms with E-state index >= 15 is 0 Å². The first kappa shape index (κ1) is 13.4. The second kappa shape index (κ2) is 6.21. The smallest absolute Gasteiger partial charge is 0.242 e. The van der Waals surface area contributed by atoms with Gasteiger partial charge in [0.1, 0.15) is 11.0 Å². The summed E-state index contributed by atoms with van der Waals surface area (Å²) in [5.74, 6) is 0. The molecule has 0 spiro atoms. The van der Waals surface area contributed by atoms with E-state index in [0.29, 0.717) is 11.0 Å². The van der Waals surface area contributed by atoms with Gasteiger partial charge in [-0.3, -0.25) is 0 Å². The molecule has 3 aromatic rings. The standard InChI is InChI=1S/C12H8N2O.2ClH.Cu/c15-14-11-7-3-1-5-9(11)13-10-6-2-4-8-12(10)14;;;/h1-8H;2*1H;/q;;;+2/p-2. The van der Waals surface area contributed by atoms with Crippen LogP contribution in [0.15, 0.2) is 48.5 Å². The Labute approximate surface area is 119 Å². The topological polar surface area (TPSA) is 39.8 Å². The maximum atomic E-state index is 12.0. The van der Waals surface area contributed by atoms with Crippen molar-refractivity contribution in [2.45, 2.75) is 0 Å². The van der Waals surface area contributed by atoms with Gasteiger partial charge >= 0.3 is 33.3 Å². The fraction of sp³-hybridized carbons (Fsp3) is 0. The number of fused-ring (bicyclic) bond motifs is 2. The summed E-state index contributed by atoms with van der Waals surface area (Å²) in [6.45, 7) is 0. The number of para-hydroxylation sites is 4. The molecule has 0 saturated heterocycles. The van der Waals surface area contributed by atoms with Gasteiger partial charge in [0.2, 0.25) is 11.0 Å². The molecule has 0 unspecified atom stereocenters. The summed E-state index contributed by atoms with van der Waals surface area (Å²) in [6.07, 6.45) is 0. The summed E-state index contributed by atoms with van der Waals surface area (Å²) in [6, 6.07) is 14.7. The second-order valence-corrected chi connectivity index (χ2v) is 4.98. The molecule has 6 heteroatoms. The van der Waals surface area contributed by atoms with Crippen molar-refractivity contribution in [3.05, 3.63) is 53.7 Å². The summed E-state index contributed by atoms with van der Waals surface area (Å²) in [5, 5.41) is 12.0. The van der Waals surface area contributed by atoms with Crippen LogP contribution in [-0.2, 0) is 13.1 Å². The Bertz CT molecular complexity index is 624. The van der Waals surface area contributed by atoms with Crippen LogP contribution in [0.2, 0.25) is 0 Å². The Morgan fingerprint density at radius 3 is 1.72 bits per heavy atom. The van der Waals surface area contributed by atoms with Crippen molar-refractivity contribution in [2.24, 2.45) is 0 Å². The fourth-order valence-electron chi connectivity index (χ4n) is 1.72. The van der Waals surface area contributed by atoms with Crippen LogP contribution in [0.3, 0.4) is 0 Å². The Morgan fingerprint density at radius 1 is 0.889 bits per heavy atom. The van der Waals surface area contributed by atoms with Crippen LogP contribution in [-0.4, -0.2) is 4.98 Å². The van der Waals surface area contributed by atoms with Gasteiger partial charge in [-0.25, -0.2) is 4.98 Å². The number of nitrogens with zero attached hydrogens (tertiary/aromatic N) is 2. The van der Waals surface area contributed by atoms with E-state index in [-0.39, 0.29) is 0 Å². The molecule has 97 valence electrons. The van der Waals surface area contributed by atoms with E-state index in [1.807, 2.05) is 36.4 Å². The zero-order valence-corrected chi connectivity index (χ0v) is 11.4. The van der Waals surface area contributed by atoms with Crippen molar-refractivity contribution in [3.63, 3.8) is 0 Å². The molecule has 0 radical (unpaired) electrons. The molecule has 3 rings (SSSR count). The monoisotopic (exact) mass is 329 g/mol. The SMILES string of the molecule is [Cl][Cu][Cl].[O-][n+]1c2ccccc2nc2ccccc21. The van der Waals surface area contributed by atoms with E-state index in [1.54, 1.807) is 12.1 Å². The van der Waals surface area contributed by atoms with Crippen LogP contribution >= 0.6 is 20.2 Å². The summed E-state index contributed by atoms with van der Waals surface area (Å²) in [7, 11) is 9.34. The molecule has 18 heavy (non-hydrogen) atoms. The van der Waals surface area contributed by atoms with Gasteiger partial charge in [-0.1, -0.05) is 24.3 Å². The average molecular weight is 331 g/mol. The zero-order valence-electron chi connectivity index (χ0n) is 8.98. The number of halogens is 2. The predicted molar refractivity (Wildman–Crippen MR) is 69.9 cm³/mol. The van der Waals surface area contributed by atoms with Crippen molar-refractivity contribution in [1.29, 1.82) is 0 Å². The van der Waals surface area contributed by atoms with Gasteiger partial charge in [-0.2, -0.15) is 4.73 Å². The zero-order chi connectivity index (χ0) is 13.0. The molecule has 0 amide bonds. The molecule has 1 heterocycles. The molecule has 0 aliphatic carbocycles. The first-order valence-corrected chi connectivity index (χ1v) is 7.55. The number of aromatic nitrogens is 2. The van der Waals surface area contributed by atoms with Crippen molar-refractivity contribution in [1.82, 2.24) is 4.98 Å². The number of rotatable bonds is 0. The number of hydrogen-bond donors (Lipinski definition) is 0. The Hall–Kier alpha value is -1.06. The van der Waals surface area contributed by atoms with Crippen molar-refractivity contribution >= 4 is 42.3 Å². The Balaban J connectivity index is 0.000000367. The molecule has 3 nitrogen and oxygen atoms in total. The molecule has 0 N–H and O–H groups in total. The van der Waals surface area contributed by atoms with E-state index in [9.17, 15) is 5.21 Å². The molecule has 0 bridgehead atoms. The van der Waals surface area contributed by atoms with Crippen LogP contribution in [0.5, 0.6) is 0 Å². The van der Waals surface area contributed by atoms with Crippen molar-refractivity contribution in [2.75, 3.05) is 0 Å². The van der Waals surface area contributed by atoms with Crippen molar-refractivity contribution < 1.29 is 17.9 Å². The molecule has 0 fully saturated rings. The number of hydrogen-bond acceptors (Lipinski definition) is 2. The molecule has 2 aromatic carbocycles. The Kier molecular flexibility index (Phi) is 4.61. The number of benzene rings is 2. The molecule has 0 saturated carbocycles. The minimum absolute atomic E-state index is 0.608. The molecular weight excluding hydrogens is 323 g/mol. The fourth-order valence-corrected chi connectivity index (χ4v) is 1.72. The van der Waals surface area contributed by atoms with Gasteiger partial charge in [0.25, 0.3) is 0 Å². The maximum Gasteiger partial charge on any atom is 0.242 e. The minimum Gasteiger partial charge on any atom is -0.618 e. The summed E-state index contributed by atoms with van der Waals surface area (Å²) in [4.78, 5) is 4.42. The third-order valence-electron chi connectivity index (χ3n) is 2.44. The second-order valence-electron chi connectivity index (χ2n) is 3.43. The molecular formula is C12H8Cl2CuN2O. The normalized spacial score (nSPS) is 10.3. The largest absolute Gasteiger partial charge is 0.618 e. The molecule has 0 atom stereocenters. The van der Waals surface area contributed by atoms with Crippen molar-refractivity contribution in [3.8, 4) is 0 Å². The van der Waals surface area contributed by atoms with E-state index in [4.69, 9.17) is 0 Å². The van der Waals surface area contributed by atoms with Crippen LogP contribution in [0.25, 0.3) is 22.1 Å². The molecule has 1 aromatic heterocycles. The summed E-state index contributed by atoms with van der Waals surface area (Å²) >= 11 is 0.757. The summed E-state index contributed by atoms with van der Waals surface area (Å²) in [5.41, 5.74) is 2.67. The predicted octanol–water partition coefficient (Wildman–Crippen LogP) is 3.40. The third kappa shape index (κ3) is 2.68. The first-order valence-electron chi connectivity index (χ1n) is 4.96. The maximum absolute atomic E-state index is 12.0. The first-order chi connectivity index (χ1) is 8.77. The van der Waals surface area contributed by atoms with E-state index in [1.165, 1.54) is 0 Å². The van der Waals surface area contributed by atoms with Gasteiger partial charge in [0.05, 0.1) is 0 Å². The van der Waals surface area contributed by atoms with Gasteiger partial charge in [-0.15, -0.1) is 0 Å².